The first-order valence-corrected chi connectivity index (χ1v) is 23.2. The zero-order valence-corrected chi connectivity index (χ0v) is 36.1. The average Bonchev–Trinajstić information content (AvgIpc) is 3.21. The average molecular weight is 814 g/mol. The van der Waals surface area contributed by atoms with Gasteiger partial charge in [0.2, 0.25) is 5.91 Å². The molecule has 1 amide bonds. The van der Waals surface area contributed by atoms with Crippen molar-refractivity contribution in [2.24, 2.45) is 0 Å². The second-order valence-electron chi connectivity index (χ2n) is 16.5. The van der Waals surface area contributed by atoms with Crippen molar-refractivity contribution >= 4 is 5.91 Å². The van der Waals surface area contributed by atoms with Gasteiger partial charge in [-0.25, -0.2) is 0 Å². The molecule has 1 rings (SSSR count). The number of allylic oxidation sites excluding steroid dienone is 4. The number of rotatable bonds is 38. The molecule has 9 atom stereocenters. The highest BCUT2D eigenvalue weighted by Crippen LogP contribution is 2.23. The topological polar surface area (TPSA) is 189 Å². The summed E-state index contributed by atoms with van der Waals surface area (Å²) in [5.74, 6) is -0.704. The first kappa shape index (κ1) is 53.6. The molecule has 0 unspecified atom stereocenters. The van der Waals surface area contributed by atoms with Crippen LogP contribution in [-0.2, 0) is 14.3 Å². The van der Waals surface area contributed by atoms with Crippen LogP contribution in [0.1, 0.15) is 194 Å². The molecule has 8 N–H and O–H groups in total. The summed E-state index contributed by atoms with van der Waals surface area (Å²) in [4.78, 5) is 13.1. The van der Waals surface area contributed by atoms with Crippen LogP contribution in [-0.4, -0.2) is 110 Å². The Hall–Kier alpha value is -1.41. The fourth-order valence-electron chi connectivity index (χ4n) is 7.30. The maximum atomic E-state index is 13.1. The molecular weight excluding hydrogens is 727 g/mol. The van der Waals surface area contributed by atoms with Gasteiger partial charge in [-0.3, -0.25) is 4.79 Å². The van der Waals surface area contributed by atoms with Crippen molar-refractivity contribution in [2.75, 3.05) is 13.2 Å². The summed E-state index contributed by atoms with van der Waals surface area (Å²) >= 11 is 0. The van der Waals surface area contributed by atoms with Crippen molar-refractivity contribution in [1.82, 2.24) is 5.32 Å². The molecule has 1 heterocycles. The number of unbranched alkanes of at least 4 members (excludes halogenated alkanes) is 22. The number of carbonyl (C=O) groups excluding carboxylic acids is 1. The monoisotopic (exact) mass is 814 g/mol. The van der Waals surface area contributed by atoms with Crippen LogP contribution in [0.2, 0.25) is 0 Å². The van der Waals surface area contributed by atoms with Gasteiger partial charge in [-0.05, 0) is 57.8 Å². The molecule has 1 fully saturated rings. The van der Waals surface area contributed by atoms with Crippen LogP contribution in [0.3, 0.4) is 0 Å². The van der Waals surface area contributed by atoms with Crippen molar-refractivity contribution in [3.63, 3.8) is 0 Å². The fourth-order valence-corrected chi connectivity index (χ4v) is 7.30. The standard InChI is InChI=1S/C46H87NO10/c1-3-5-7-9-11-13-15-17-19-20-22-24-26-28-30-32-34-39(50)45(55)47-37(36-56-46-44(54)43(53)42(52)40(35-48)57-46)41(51)38(49)33-31-29-27-25-23-21-18-16-14-12-10-8-6-4-2/h9,11,18,21,37-44,46,48-54H,3-8,10,12-17,19-20,22-36H2,1-2H3,(H,47,55)/b11-9-,21-18-/t37-,38+,39+,40+,41-,42+,43-,44+,46+/m0/s1. The van der Waals surface area contributed by atoms with Crippen LogP contribution < -0.4 is 5.32 Å². The third-order valence-electron chi connectivity index (χ3n) is 11.2. The van der Waals surface area contributed by atoms with Gasteiger partial charge in [-0.15, -0.1) is 0 Å². The van der Waals surface area contributed by atoms with Crippen LogP contribution in [0.15, 0.2) is 24.3 Å². The number of amides is 1. The SMILES string of the molecule is CCCC/C=C\CCCCCCCCCCCC[C@@H](O)C(=O)N[C@@H](CO[C@@H]1O[C@H](CO)[C@@H](O)[C@H](O)[C@H]1O)[C@H](O)[C@H](O)CCCCCC/C=C\CCCCCCCC. The van der Waals surface area contributed by atoms with Gasteiger partial charge in [0.05, 0.1) is 25.4 Å². The predicted octanol–water partition coefficient (Wildman–Crippen LogP) is 7.45. The van der Waals surface area contributed by atoms with Crippen LogP contribution in [0.25, 0.3) is 0 Å². The predicted molar refractivity (Wildman–Crippen MR) is 229 cm³/mol. The van der Waals surface area contributed by atoms with E-state index in [1.165, 1.54) is 103 Å². The molecule has 0 aromatic rings. The summed E-state index contributed by atoms with van der Waals surface area (Å²) in [6, 6.07) is -1.17. The third-order valence-corrected chi connectivity index (χ3v) is 11.2. The van der Waals surface area contributed by atoms with Gasteiger partial charge in [0.1, 0.15) is 36.6 Å². The summed E-state index contributed by atoms with van der Waals surface area (Å²) in [6.07, 6.45) is 27.9. The van der Waals surface area contributed by atoms with Crippen molar-refractivity contribution < 1.29 is 50.0 Å². The summed E-state index contributed by atoms with van der Waals surface area (Å²) in [6.45, 7) is 3.39. The maximum Gasteiger partial charge on any atom is 0.249 e. The van der Waals surface area contributed by atoms with E-state index >= 15 is 0 Å². The molecule has 0 saturated carbocycles. The number of hydrogen-bond acceptors (Lipinski definition) is 10. The number of aliphatic hydroxyl groups is 7. The van der Waals surface area contributed by atoms with E-state index in [0.717, 1.165) is 51.4 Å². The first-order valence-electron chi connectivity index (χ1n) is 23.2. The lowest BCUT2D eigenvalue weighted by molar-refractivity contribution is -0.303. The molecule has 0 aromatic heterocycles. The highest BCUT2D eigenvalue weighted by Gasteiger charge is 2.44. The molecule has 11 heteroatoms. The van der Waals surface area contributed by atoms with Crippen molar-refractivity contribution in [2.45, 2.75) is 249 Å². The van der Waals surface area contributed by atoms with Gasteiger partial charge >= 0.3 is 0 Å². The van der Waals surface area contributed by atoms with E-state index in [1.54, 1.807) is 0 Å². The van der Waals surface area contributed by atoms with E-state index in [4.69, 9.17) is 9.47 Å². The van der Waals surface area contributed by atoms with Crippen LogP contribution in [0.5, 0.6) is 0 Å². The van der Waals surface area contributed by atoms with Crippen LogP contribution in [0.4, 0.5) is 0 Å². The molecule has 0 bridgehead atoms. The minimum absolute atomic E-state index is 0.256. The fraction of sp³-hybridized carbons (Fsp3) is 0.891. The van der Waals surface area contributed by atoms with E-state index in [2.05, 4.69) is 43.5 Å². The number of aliphatic hydroxyl groups excluding tert-OH is 7. The second-order valence-corrected chi connectivity index (χ2v) is 16.5. The zero-order valence-electron chi connectivity index (χ0n) is 36.1. The first-order chi connectivity index (χ1) is 27.7. The highest BCUT2D eigenvalue weighted by atomic mass is 16.7. The molecule has 0 aromatic carbocycles. The number of hydrogen-bond donors (Lipinski definition) is 8. The molecule has 1 aliphatic heterocycles. The van der Waals surface area contributed by atoms with Gasteiger partial charge in [0.15, 0.2) is 6.29 Å². The minimum atomic E-state index is -1.66. The Kier molecular flexibility index (Phi) is 34.3. The molecule has 336 valence electrons. The third kappa shape index (κ3) is 26.4. The van der Waals surface area contributed by atoms with Gasteiger partial charge in [-0.1, -0.05) is 160 Å². The van der Waals surface area contributed by atoms with Gasteiger partial charge in [0.25, 0.3) is 0 Å². The lowest BCUT2D eigenvalue weighted by Gasteiger charge is -2.40. The van der Waals surface area contributed by atoms with E-state index in [-0.39, 0.29) is 6.42 Å². The van der Waals surface area contributed by atoms with E-state index in [1.807, 2.05) is 0 Å². The van der Waals surface area contributed by atoms with Crippen LogP contribution in [0, 0.1) is 0 Å². The zero-order chi connectivity index (χ0) is 41.9. The molecule has 57 heavy (non-hydrogen) atoms. The summed E-state index contributed by atoms with van der Waals surface area (Å²) in [7, 11) is 0. The summed E-state index contributed by atoms with van der Waals surface area (Å²) in [5.41, 5.74) is 0. The van der Waals surface area contributed by atoms with Crippen molar-refractivity contribution in [3.8, 4) is 0 Å². The number of nitrogens with one attached hydrogen (secondary N) is 1. The Morgan fingerprint density at radius 1 is 0.596 bits per heavy atom. The van der Waals surface area contributed by atoms with Crippen molar-refractivity contribution in [3.05, 3.63) is 24.3 Å². The summed E-state index contributed by atoms with van der Waals surface area (Å²) in [5, 5.41) is 75.6. The molecule has 0 radical (unpaired) electrons. The molecular formula is C46H87NO10. The van der Waals surface area contributed by atoms with Gasteiger partial charge in [0, 0.05) is 0 Å². The molecule has 1 saturated heterocycles. The maximum absolute atomic E-state index is 13.1. The lowest BCUT2D eigenvalue weighted by Crippen LogP contribution is -2.60. The summed E-state index contributed by atoms with van der Waals surface area (Å²) < 4.78 is 11.1. The Bertz CT molecular complexity index is 981. The minimum Gasteiger partial charge on any atom is -0.394 e. The smallest absolute Gasteiger partial charge is 0.249 e. The van der Waals surface area contributed by atoms with E-state index in [0.29, 0.717) is 19.3 Å². The quantitative estimate of drug-likeness (QED) is 0.0230. The Morgan fingerprint density at radius 3 is 1.53 bits per heavy atom. The highest BCUT2D eigenvalue weighted by molar-refractivity contribution is 5.80. The Labute approximate surface area is 346 Å². The van der Waals surface area contributed by atoms with E-state index in [9.17, 15) is 40.5 Å². The molecule has 0 aliphatic carbocycles. The largest absolute Gasteiger partial charge is 0.394 e. The molecule has 11 nitrogen and oxygen atoms in total. The second kappa shape index (κ2) is 36.4. The number of carbonyl (C=O) groups is 1. The normalized spacial score (nSPS) is 22.3. The van der Waals surface area contributed by atoms with Crippen LogP contribution >= 0.6 is 0 Å². The molecule has 0 spiro atoms. The van der Waals surface area contributed by atoms with E-state index < -0.39 is 74.2 Å². The molecule has 1 aliphatic rings. The Balaban J connectivity index is 2.47. The van der Waals surface area contributed by atoms with Crippen molar-refractivity contribution in [1.29, 1.82) is 0 Å². The van der Waals surface area contributed by atoms with Gasteiger partial charge < -0.3 is 50.5 Å². The lowest BCUT2D eigenvalue weighted by atomic mass is 9.98. The van der Waals surface area contributed by atoms with Gasteiger partial charge in [-0.2, -0.15) is 0 Å². The Morgan fingerprint density at radius 2 is 1.04 bits per heavy atom. The number of ether oxygens (including phenoxy) is 2.